The first-order valence-electron chi connectivity index (χ1n) is 6.16. The van der Waals surface area contributed by atoms with Crippen LogP contribution in [-0.2, 0) is 5.41 Å². The Morgan fingerprint density at radius 1 is 1.39 bits per heavy atom. The zero-order valence-electron chi connectivity index (χ0n) is 11.9. The molecule has 1 heterocycles. The van der Waals surface area contributed by atoms with E-state index in [4.69, 9.17) is 0 Å². The van der Waals surface area contributed by atoms with Crippen molar-refractivity contribution in [1.82, 2.24) is 25.4 Å². The molecule has 0 radical (unpaired) electrons. The van der Waals surface area contributed by atoms with Crippen LogP contribution in [0.3, 0.4) is 0 Å². The molecule has 1 aromatic heterocycles. The van der Waals surface area contributed by atoms with Crippen LogP contribution in [0, 0.1) is 0 Å². The summed E-state index contributed by atoms with van der Waals surface area (Å²) in [7, 11) is 4.01. The summed E-state index contributed by atoms with van der Waals surface area (Å²) in [6.45, 7) is 7.64. The lowest BCUT2D eigenvalue weighted by atomic mass is 9.96. The highest BCUT2D eigenvalue weighted by Crippen LogP contribution is 2.17. The molecule has 0 atom stereocenters. The van der Waals surface area contributed by atoms with Crippen LogP contribution >= 0.6 is 0 Å². The molecule has 0 spiro atoms. The molecule has 1 aromatic rings. The molecule has 2 N–H and O–H groups in total. The standard InChI is InChI=1S/C12H23N5O/c1-12(2,3)11-14-9(15-16-11)10(18)13-7-6-8-17(4)5/h6-8H2,1-5H3,(H,13,18)(H,14,15,16). The van der Waals surface area contributed by atoms with Gasteiger partial charge in [-0.05, 0) is 27.1 Å². The van der Waals surface area contributed by atoms with E-state index >= 15 is 0 Å². The number of carbonyl (C=O) groups excluding carboxylic acids is 1. The molecule has 0 saturated carbocycles. The Hall–Kier alpha value is -1.43. The van der Waals surface area contributed by atoms with Gasteiger partial charge in [0.05, 0.1) is 0 Å². The van der Waals surface area contributed by atoms with Gasteiger partial charge >= 0.3 is 0 Å². The Bertz CT molecular complexity index is 391. The third-order valence-electron chi connectivity index (χ3n) is 2.47. The number of aromatic nitrogens is 3. The molecular formula is C12H23N5O. The minimum absolute atomic E-state index is 0.129. The quantitative estimate of drug-likeness (QED) is 0.761. The van der Waals surface area contributed by atoms with Gasteiger partial charge in [0.2, 0.25) is 5.82 Å². The first-order chi connectivity index (χ1) is 8.30. The minimum Gasteiger partial charge on any atom is -0.349 e. The van der Waals surface area contributed by atoms with E-state index in [1.54, 1.807) is 0 Å². The van der Waals surface area contributed by atoms with Crippen LogP contribution in [0.4, 0.5) is 0 Å². The molecule has 0 aliphatic heterocycles. The predicted molar refractivity (Wildman–Crippen MR) is 70.6 cm³/mol. The summed E-state index contributed by atoms with van der Waals surface area (Å²) in [6, 6.07) is 0. The van der Waals surface area contributed by atoms with E-state index in [0.717, 1.165) is 18.8 Å². The third kappa shape index (κ3) is 4.44. The van der Waals surface area contributed by atoms with Crippen LogP contribution in [0.15, 0.2) is 0 Å². The van der Waals surface area contributed by atoms with Crippen molar-refractivity contribution in [3.8, 4) is 0 Å². The molecule has 0 saturated heterocycles. The molecule has 18 heavy (non-hydrogen) atoms. The third-order valence-corrected chi connectivity index (χ3v) is 2.47. The van der Waals surface area contributed by atoms with Crippen LogP contribution in [0.1, 0.15) is 43.6 Å². The van der Waals surface area contributed by atoms with Crippen LogP contribution < -0.4 is 5.32 Å². The highest BCUT2D eigenvalue weighted by atomic mass is 16.2. The van der Waals surface area contributed by atoms with Crippen molar-refractivity contribution in [3.63, 3.8) is 0 Å². The molecule has 0 bridgehead atoms. The van der Waals surface area contributed by atoms with Gasteiger partial charge in [-0.3, -0.25) is 9.89 Å². The number of amides is 1. The molecule has 6 nitrogen and oxygen atoms in total. The zero-order chi connectivity index (χ0) is 13.8. The zero-order valence-corrected chi connectivity index (χ0v) is 11.9. The first kappa shape index (κ1) is 14.6. The van der Waals surface area contributed by atoms with Crippen molar-refractivity contribution in [1.29, 1.82) is 0 Å². The van der Waals surface area contributed by atoms with E-state index in [1.807, 2.05) is 34.9 Å². The number of rotatable bonds is 5. The number of nitrogens with one attached hydrogen (secondary N) is 2. The molecule has 102 valence electrons. The van der Waals surface area contributed by atoms with E-state index in [2.05, 4.69) is 25.4 Å². The van der Waals surface area contributed by atoms with Crippen molar-refractivity contribution in [2.75, 3.05) is 27.2 Å². The summed E-state index contributed by atoms with van der Waals surface area (Å²) in [4.78, 5) is 18.0. The second kappa shape index (κ2) is 5.95. The molecule has 6 heteroatoms. The van der Waals surface area contributed by atoms with Gasteiger partial charge in [-0.25, -0.2) is 4.98 Å². The predicted octanol–water partition coefficient (Wildman–Crippen LogP) is 0.784. The molecule has 0 aliphatic rings. The van der Waals surface area contributed by atoms with Gasteiger partial charge in [0.1, 0.15) is 5.82 Å². The smallest absolute Gasteiger partial charge is 0.290 e. The number of hydrogen-bond donors (Lipinski definition) is 2. The van der Waals surface area contributed by atoms with Crippen LogP contribution in [0.5, 0.6) is 0 Å². The number of nitrogens with zero attached hydrogens (tertiary/aromatic N) is 3. The molecule has 1 amide bonds. The highest BCUT2D eigenvalue weighted by molar-refractivity contribution is 5.90. The average Bonchev–Trinajstić information content (AvgIpc) is 2.72. The van der Waals surface area contributed by atoms with E-state index in [1.165, 1.54) is 0 Å². The van der Waals surface area contributed by atoms with Gasteiger partial charge in [-0.1, -0.05) is 20.8 Å². The van der Waals surface area contributed by atoms with Crippen LogP contribution in [0.25, 0.3) is 0 Å². The Labute approximate surface area is 108 Å². The first-order valence-corrected chi connectivity index (χ1v) is 6.16. The summed E-state index contributed by atoms with van der Waals surface area (Å²) in [5.41, 5.74) is -0.129. The minimum atomic E-state index is -0.222. The van der Waals surface area contributed by atoms with E-state index in [-0.39, 0.29) is 17.1 Å². The SMILES string of the molecule is CN(C)CCCNC(=O)c1n[nH]c(C(C)(C)C)n1. The number of H-pyrrole nitrogens is 1. The van der Waals surface area contributed by atoms with Crippen molar-refractivity contribution < 1.29 is 4.79 Å². The molecule has 0 unspecified atom stereocenters. The Morgan fingerprint density at radius 3 is 2.56 bits per heavy atom. The lowest BCUT2D eigenvalue weighted by Gasteiger charge is -2.12. The van der Waals surface area contributed by atoms with Crippen LogP contribution in [0.2, 0.25) is 0 Å². The maximum absolute atomic E-state index is 11.8. The molecule has 0 aliphatic carbocycles. The van der Waals surface area contributed by atoms with Gasteiger partial charge in [0.25, 0.3) is 5.91 Å². The van der Waals surface area contributed by atoms with E-state index in [0.29, 0.717) is 6.54 Å². The van der Waals surface area contributed by atoms with E-state index in [9.17, 15) is 4.79 Å². The highest BCUT2D eigenvalue weighted by Gasteiger charge is 2.20. The summed E-state index contributed by atoms with van der Waals surface area (Å²) >= 11 is 0. The largest absolute Gasteiger partial charge is 0.349 e. The maximum Gasteiger partial charge on any atom is 0.290 e. The van der Waals surface area contributed by atoms with Gasteiger partial charge in [-0.2, -0.15) is 0 Å². The van der Waals surface area contributed by atoms with Crippen LogP contribution in [-0.4, -0.2) is 53.2 Å². The monoisotopic (exact) mass is 253 g/mol. The Kier molecular flexibility index (Phi) is 4.84. The number of aromatic amines is 1. The molecule has 0 aromatic carbocycles. The van der Waals surface area contributed by atoms with E-state index < -0.39 is 0 Å². The summed E-state index contributed by atoms with van der Waals surface area (Å²) in [5, 5.41) is 9.55. The number of carbonyl (C=O) groups is 1. The molecular weight excluding hydrogens is 230 g/mol. The molecule has 1 rings (SSSR count). The maximum atomic E-state index is 11.8. The van der Waals surface area contributed by atoms with Gasteiger partial charge < -0.3 is 10.2 Å². The second-order valence-corrected chi connectivity index (χ2v) is 5.67. The van der Waals surface area contributed by atoms with Crippen molar-refractivity contribution in [2.45, 2.75) is 32.6 Å². The summed E-state index contributed by atoms with van der Waals surface area (Å²) in [6.07, 6.45) is 0.912. The van der Waals surface area contributed by atoms with Crippen molar-refractivity contribution in [3.05, 3.63) is 11.6 Å². The fourth-order valence-electron chi connectivity index (χ4n) is 1.38. The summed E-state index contributed by atoms with van der Waals surface area (Å²) < 4.78 is 0. The fraction of sp³-hybridized carbons (Fsp3) is 0.750. The molecule has 0 fully saturated rings. The van der Waals surface area contributed by atoms with Gasteiger partial charge in [-0.15, -0.1) is 5.10 Å². The summed E-state index contributed by atoms with van der Waals surface area (Å²) in [5.74, 6) is 0.714. The van der Waals surface area contributed by atoms with Crippen molar-refractivity contribution >= 4 is 5.91 Å². The number of hydrogen-bond acceptors (Lipinski definition) is 4. The Balaban J connectivity index is 2.45. The fourth-order valence-corrected chi connectivity index (χ4v) is 1.38. The van der Waals surface area contributed by atoms with Gasteiger partial charge in [0.15, 0.2) is 0 Å². The normalized spacial score (nSPS) is 11.9. The lowest BCUT2D eigenvalue weighted by molar-refractivity contribution is 0.0942. The average molecular weight is 253 g/mol. The topological polar surface area (TPSA) is 73.9 Å². The van der Waals surface area contributed by atoms with Gasteiger partial charge in [0, 0.05) is 12.0 Å². The second-order valence-electron chi connectivity index (χ2n) is 5.67. The Morgan fingerprint density at radius 2 is 2.06 bits per heavy atom. The lowest BCUT2D eigenvalue weighted by Crippen LogP contribution is -2.28. The van der Waals surface area contributed by atoms with Crippen molar-refractivity contribution in [2.24, 2.45) is 0 Å².